The van der Waals surface area contributed by atoms with Crippen LogP contribution >= 0.6 is 0 Å². The first-order valence-electron chi connectivity index (χ1n) is 12.5. The molecule has 2 heterocycles. The van der Waals surface area contributed by atoms with Gasteiger partial charge in [-0.05, 0) is 38.8 Å². The quantitative estimate of drug-likeness (QED) is 0.408. The van der Waals surface area contributed by atoms with Crippen LogP contribution in [0.4, 0.5) is 0 Å². The fourth-order valence-electron chi connectivity index (χ4n) is 4.41. The van der Waals surface area contributed by atoms with Crippen LogP contribution in [0.2, 0.25) is 0 Å². The van der Waals surface area contributed by atoms with Crippen molar-refractivity contribution in [3.05, 3.63) is 66.2 Å². The topological polar surface area (TPSA) is 69.0 Å². The number of aryl methyl sites for hydroxylation is 1. The van der Waals surface area contributed by atoms with Crippen molar-refractivity contribution in [1.29, 1.82) is 0 Å². The van der Waals surface area contributed by atoms with E-state index in [-0.39, 0.29) is 12.2 Å². The van der Waals surface area contributed by atoms with Gasteiger partial charge in [0.1, 0.15) is 11.4 Å². The molecule has 3 aromatic rings. The second-order valence-electron chi connectivity index (χ2n) is 9.40. The second-order valence-corrected chi connectivity index (χ2v) is 9.40. The summed E-state index contributed by atoms with van der Waals surface area (Å²) in [7, 11) is 1.91. The SMILES string of the molecule is CC(C)OCC(O)CN(Cc1c(-c2ccccc2)nn(C)c1Oc1ccccc1)CC1CCCO1. The van der Waals surface area contributed by atoms with Crippen LogP contribution in [0.5, 0.6) is 11.6 Å². The third-order valence-corrected chi connectivity index (χ3v) is 6.05. The Morgan fingerprint density at radius 3 is 2.49 bits per heavy atom. The van der Waals surface area contributed by atoms with Gasteiger partial charge in [0, 0.05) is 38.9 Å². The molecule has 188 valence electrons. The lowest BCUT2D eigenvalue weighted by atomic mass is 10.1. The van der Waals surface area contributed by atoms with E-state index in [0.717, 1.165) is 48.6 Å². The molecule has 1 aliphatic rings. The van der Waals surface area contributed by atoms with E-state index in [4.69, 9.17) is 19.3 Å². The summed E-state index contributed by atoms with van der Waals surface area (Å²) in [6.07, 6.45) is 1.73. The molecule has 4 rings (SSSR count). The summed E-state index contributed by atoms with van der Waals surface area (Å²) < 4.78 is 19.8. The molecule has 0 amide bonds. The lowest BCUT2D eigenvalue weighted by molar-refractivity contribution is -0.0172. The minimum absolute atomic E-state index is 0.0742. The summed E-state index contributed by atoms with van der Waals surface area (Å²) in [6, 6.07) is 19.9. The van der Waals surface area contributed by atoms with Crippen molar-refractivity contribution >= 4 is 0 Å². The van der Waals surface area contributed by atoms with Crippen molar-refractivity contribution in [3.63, 3.8) is 0 Å². The predicted octanol–water partition coefficient (Wildman–Crippen LogP) is 4.65. The Morgan fingerprint density at radius 1 is 1.11 bits per heavy atom. The Bertz CT molecular complexity index is 1030. The molecule has 35 heavy (non-hydrogen) atoms. The molecule has 1 aromatic heterocycles. The maximum atomic E-state index is 10.8. The number of para-hydroxylation sites is 1. The van der Waals surface area contributed by atoms with Gasteiger partial charge < -0.3 is 19.3 Å². The van der Waals surface area contributed by atoms with E-state index in [0.29, 0.717) is 25.6 Å². The van der Waals surface area contributed by atoms with Crippen molar-refractivity contribution < 1.29 is 19.3 Å². The van der Waals surface area contributed by atoms with Crippen molar-refractivity contribution in [2.75, 3.05) is 26.3 Å². The molecular weight excluding hydrogens is 442 g/mol. The van der Waals surface area contributed by atoms with Gasteiger partial charge in [0.2, 0.25) is 5.88 Å². The highest BCUT2D eigenvalue weighted by molar-refractivity contribution is 5.65. The van der Waals surface area contributed by atoms with Gasteiger partial charge in [-0.15, -0.1) is 0 Å². The summed E-state index contributed by atoms with van der Waals surface area (Å²) in [5, 5.41) is 15.6. The monoisotopic (exact) mass is 479 g/mol. The normalized spacial score (nSPS) is 16.8. The van der Waals surface area contributed by atoms with Crippen molar-refractivity contribution in [2.45, 2.75) is 51.5 Å². The van der Waals surface area contributed by atoms with E-state index < -0.39 is 6.10 Å². The smallest absolute Gasteiger partial charge is 0.222 e. The molecule has 0 radical (unpaired) electrons. The zero-order valence-electron chi connectivity index (χ0n) is 21.0. The Morgan fingerprint density at radius 2 is 1.83 bits per heavy atom. The average molecular weight is 480 g/mol. The Hall–Kier alpha value is -2.71. The van der Waals surface area contributed by atoms with E-state index in [1.54, 1.807) is 4.68 Å². The molecule has 0 spiro atoms. The number of aromatic nitrogens is 2. The van der Waals surface area contributed by atoms with Crippen LogP contribution in [0.15, 0.2) is 60.7 Å². The second kappa shape index (κ2) is 12.3. The van der Waals surface area contributed by atoms with E-state index in [9.17, 15) is 5.11 Å². The number of ether oxygens (including phenoxy) is 3. The van der Waals surface area contributed by atoms with Crippen LogP contribution in [0, 0.1) is 0 Å². The van der Waals surface area contributed by atoms with Crippen molar-refractivity contribution in [2.24, 2.45) is 7.05 Å². The fraction of sp³-hybridized carbons (Fsp3) is 0.464. The van der Waals surface area contributed by atoms with E-state index in [2.05, 4.69) is 17.0 Å². The molecular formula is C28H37N3O4. The molecule has 0 aliphatic carbocycles. The third kappa shape index (κ3) is 7.15. The van der Waals surface area contributed by atoms with Crippen LogP contribution in [0.25, 0.3) is 11.3 Å². The largest absolute Gasteiger partial charge is 0.439 e. The molecule has 2 atom stereocenters. The molecule has 0 saturated carbocycles. The zero-order chi connectivity index (χ0) is 24.6. The summed E-state index contributed by atoms with van der Waals surface area (Å²) in [5.74, 6) is 1.45. The lowest BCUT2D eigenvalue weighted by Gasteiger charge is -2.28. The Labute approximate surface area is 208 Å². The van der Waals surface area contributed by atoms with Gasteiger partial charge in [-0.1, -0.05) is 48.5 Å². The van der Waals surface area contributed by atoms with E-state index in [1.165, 1.54) is 0 Å². The molecule has 2 unspecified atom stereocenters. The first-order chi connectivity index (χ1) is 17.0. The molecule has 2 aromatic carbocycles. The number of aliphatic hydroxyl groups excluding tert-OH is 1. The minimum atomic E-state index is -0.603. The number of benzene rings is 2. The van der Waals surface area contributed by atoms with Crippen LogP contribution in [-0.4, -0.2) is 64.4 Å². The molecule has 1 saturated heterocycles. The van der Waals surface area contributed by atoms with Crippen molar-refractivity contribution in [3.8, 4) is 22.9 Å². The molecule has 1 fully saturated rings. The average Bonchev–Trinajstić information content (AvgIpc) is 3.47. The van der Waals surface area contributed by atoms with Crippen LogP contribution in [0.3, 0.4) is 0 Å². The Kier molecular flexibility index (Phi) is 8.93. The van der Waals surface area contributed by atoms with Crippen molar-refractivity contribution in [1.82, 2.24) is 14.7 Å². The van der Waals surface area contributed by atoms with Gasteiger partial charge >= 0.3 is 0 Å². The number of aliphatic hydroxyl groups is 1. The first kappa shape index (κ1) is 25.4. The molecule has 7 heteroatoms. The number of hydrogen-bond acceptors (Lipinski definition) is 6. The van der Waals surface area contributed by atoms with E-state index in [1.807, 2.05) is 69.4 Å². The van der Waals surface area contributed by atoms with Crippen LogP contribution in [-0.2, 0) is 23.1 Å². The highest BCUT2D eigenvalue weighted by atomic mass is 16.5. The highest BCUT2D eigenvalue weighted by Gasteiger charge is 2.26. The summed E-state index contributed by atoms with van der Waals surface area (Å²) >= 11 is 0. The summed E-state index contributed by atoms with van der Waals surface area (Å²) in [6.45, 7) is 6.82. The number of nitrogens with zero attached hydrogens (tertiary/aromatic N) is 3. The van der Waals surface area contributed by atoms with Gasteiger partial charge in [-0.25, -0.2) is 4.68 Å². The van der Waals surface area contributed by atoms with Gasteiger partial charge in [-0.3, -0.25) is 4.90 Å². The van der Waals surface area contributed by atoms with Gasteiger partial charge in [0.05, 0.1) is 30.5 Å². The summed E-state index contributed by atoms with van der Waals surface area (Å²) in [4.78, 5) is 2.24. The fourth-order valence-corrected chi connectivity index (χ4v) is 4.41. The Balaban J connectivity index is 1.64. The van der Waals surface area contributed by atoms with Gasteiger partial charge in [0.25, 0.3) is 0 Å². The predicted molar refractivity (Wildman–Crippen MR) is 137 cm³/mol. The molecule has 7 nitrogen and oxygen atoms in total. The first-order valence-corrected chi connectivity index (χ1v) is 12.5. The minimum Gasteiger partial charge on any atom is -0.439 e. The number of rotatable bonds is 12. The highest BCUT2D eigenvalue weighted by Crippen LogP contribution is 2.34. The standard InChI is InChI=1S/C28H37N3O4/c1-21(2)34-20-23(32)17-31(18-25-15-10-16-33-25)19-26-27(22-11-6-4-7-12-22)29-30(3)28(26)35-24-13-8-5-9-14-24/h4-9,11-14,21,23,25,32H,10,15-20H2,1-3H3. The van der Waals surface area contributed by atoms with Gasteiger partial charge in [0.15, 0.2) is 0 Å². The van der Waals surface area contributed by atoms with Crippen LogP contribution in [0.1, 0.15) is 32.3 Å². The maximum absolute atomic E-state index is 10.8. The third-order valence-electron chi connectivity index (χ3n) is 6.05. The summed E-state index contributed by atoms with van der Waals surface area (Å²) in [5.41, 5.74) is 2.89. The molecule has 0 bridgehead atoms. The van der Waals surface area contributed by atoms with Gasteiger partial charge in [-0.2, -0.15) is 5.10 Å². The van der Waals surface area contributed by atoms with E-state index >= 15 is 0 Å². The molecule has 1 aliphatic heterocycles. The number of hydrogen-bond donors (Lipinski definition) is 1. The van der Waals surface area contributed by atoms with Crippen LogP contribution < -0.4 is 4.74 Å². The molecule has 1 N–H and O–H groups in total. The zero-order valence-corrected chi connectivity index (χ0v) is 21.0. The maximum Gasteiger partial charge on any atom is 0.222 e. The lowest BCUT2D eigenvalue weighted by Crippen LogP contribution is -2.39.